The fourth-order valence-corrected chi connectivity index (χ4v) is 1.26. The van der Waals surface area contributed by atoms with Gasteiger partial charge < -0.3 is 5.32 Å². The smallest absolute Gasteiger partial charge is 0.0622 e. The zero-order valence-electron chi connectivity index (χ0n) is 7.35. The molecular formula is C9H16N2. The molecule has 1 unspecified atom stereocenters. The second-order valence-corrected chi connectivity index (χ2v) is 3.96. The Labute approximate surface area is 68.6 Å². The monoisotopic (exact) mass is 152 g/mol. The highest BCUT2D eigenvalue weighted by Gasteiger charge is 2.44. The lowest BCUT2D eigenvalue weighted by molar-refractivity contribution is 0.536. The molecule has 2 heteroatoms. The van der Waals surface area contributed by atoms with Gasteiger partial charge >= 0.3 is 0 Å². The lowest BCUT2D eigenvalue weighted by Crippen LogP contribution is -2.21. The van der Waals surface area contributed by atoms with E-state index in [2.05, 4.69) is 25.2 Å². The fourth-order valence-electron chi connectivity index (χ4n) is 1.26. The van der Waals surface area contributed by atoms with Crippen molar-refractivity contribution in [2.24, 2.45) is 5.41 Å². The molecule has 0 aliphatic heterocycles. The van der Waals surface area contributed by atoms with Crippen molar-refractivity contribution in [2.75, 3.05) is 6.54 Å². The van der Waals surface area contributed by atoms with E-state index in [1.165, 1.54) is 6.42 Å². The van der Waals surface area contributed by atoms with Gasteiger partial charge in [0.1, 0.15) is 0 Å². The summed E-state index contributed by atoms with van der Waals surface area (Å²) in [6, 6.07) is 2.85. The first kappa shape index (κ1) is 8.55. The van der Waals surface area contributed by atoms with E-state index in [9.17, 15) is 0 Å². The molecule has 0 spiro atoms. The summed E-state index contributed by atoms with van der Waals surface area (Å²) in [5, 5.41) is 11.7. The van der Waals surface area contributed by atoms with Crippen molar-refractivity contribution in [3.8, 4) is 6.07 Å². The zero-order valence-corrected chi connectivity index (χ0v) is 7.35. The third kappa shape index (κ3) is 2.51. The molecule has 62 valence electrons. The van der Waals surface area contributed by atoms with Crippen LogP contribution in [0.2, 0.25) is 0 Å². The van der Waals surface area contributed by atoms with E-state index in [4.69, 9.17) is 5.26 Å². The first-order valence-corrected chi connectivity index (χ1v) is 4.27. The van der Waals surface area contributed by atoms with Crippen molar-refractivity contribution in [1.82, 2.24) is 5.32 Å². The second kappa shape index (κ2) is 3.23. The Bertz CT molecular complexity index is 167. The van der Waals surface area contributed by atoms with E-state index in [0.29, 0.717) is 17.9 Å². The van der Waals surface area contributed by atoms with E-state index in [0.717, 1.165) is 13.0 Å². The summed E-state index contributed by atoms with van der Waals surface area (Å²) in [5.41, 5.74) is 0.520. The highest BCUT2D eigenvalue weighted by Crippen LogP contribution is 2.44. The third-order valence-corrected chi connectivity index (χ3v) is 2.37. The van der Waals surface area contributed by atoms with Gasteiger partial charge in [0, 0.05) is 12.5 Å². The number of nitrogens with zero attached hydrogens (tertiary/aromatic N) is 1. The van der Waals surface area contributed by atoms with Crippen LogP contribution in [-0.2, 0) is 0 Å². The maximum absolute atomic E-state index is 8.27. The van der Waals surface area contributed by atoms with Gasteiger partial charge in [0.15, 0.2) is 0 Å². The molecule has 0 saturated heterocycles. The largest absolute Gasteiger partial charge is 0.313 e. The van der Waals surface area contributed by atoms with E-state index in [1.807, 2.05) is 0 Å². The Balaban J connectivity index is 1.95. The Morgan fingerprint density at radius 2 is 2.27 bits per heavy atom. The van der Waals surface area contributed by atoms with Crippen molar-refractivity contribution in [3.63, 3.8) is 0 Å². The second-order valence-electron chi connectivity index (χ2n) is 3.96. The van der Waals surface area contributed by atoms with Crippen LogP contribution in [0, 0.1) is 16.7 Å². The summed E-state index contributed by atoms with van der Waals surface area (Å²) in [7, 11) is 0. The molecule has 0 aromatic carbocycles. The van der Waals surface area contributed by atoms with Crippen LogP contribution in [0.4, 0.5) is 0 Å². The van der Waals surface area contributed by atoms with Crippen LogP contribution in [0.3, 0.4) is 0 Å². The molecule has 1 fully saturated rings. The Morgan fingerprint density at radius 3 is 2.73 bits per heavy atom. The Hall–Kier alpha value is -0.550. The normalized spacial score (nSPS) is 26.1. The van der Waals surface area contributed by atoms with Gasteiger partial charge in [0.25, 0.3) is 0 Å². The van der Waals surface area contributed by atoms with Crippen LogP contribution in [0.5, 0.6) is 0 Å². The summed E-state index contributed by atoms with van der Waals surface area (Å²) in [6.45, 7) is 5.55. The Kier molecular flexibility index (Phi) is 2.51. The van der Waals surface area contributed by atoms with Gasteiger partial charge in [-0.25, -0.2) is 0 Å². The molecule has 2 nitrogen and oxygen atoms in total. The predicted octanol–water partition coefficient (Wildman–Crippen LogP) is 1.68. The Morgan fingerprint density at radius 1 is 1.64 bits per heavy atom. The van der Waals surface area contributed by atoms with E-state index < -0.39 is 0 Å². The number of hydrogen-bond acceptors (Lipinski definition) is 2. The van der Waals surface area contributed by atoms with Crippen LogP contribution >= 0.6 is 0 Å². The minimum atomic E-state index is 0.520. The van der Waals surface area contributed by atoms with Crippen LogP contribution in [0.25, 0.3) is 0 Å². The molecule has 1 aliphatic carbocycles. The molecule has 1 rings (SSSR count). The molecule has 1 aliphatic rings. The first-order valence-electron chi connectivity index (χ1n) is 4.27. The topological polar surface area (TPSA) is 35.8 Å². The standard InChI is InChI=1S/C9H16N2/c1-9(2)7-8(9)11-6-4-3-5-10/h8,11H,3-4,6-7H2,1-2H3. The van der Waals surface area contributed by atoms with Crippen molar-refractivity contribution < 1.29 is 0 Å². The molecule has 1 saturated carbocycles. The number of hydrogen-bond donors (Lipinski definition) is 1. The van der Waals surface area contributed by atoms with E-state index in [1.54, 1.807) is 0 Å². The minimum absolute atomic E-state index is 0.520. The third-order valence-electron chi connectivity index (χ3n) is 2.37. The average molecular weight is 152 g/mol. The van der Waals surface area contributed by atoms with Gasteiger partial charge in [-0.3, -0.25) is 0 Å². The van der Waals surface area contributed by atoms with Crippen molar-refractivity contribution in [1.29, 1.82) is 5.26 Å². The zero-order chi connectivity index (χ0) is 8.32. The van der Waals surface area contributed by atoms with Crippen molar-refractivity contribution >= 4 is 0 Å². The number of unbranched alkanes of at least 4 members (excludes halogenated alkanes) is 1. The quantitative estimate of drug-likeness (QED) is 0.622. The van der Waals surface area contributed by atoms with Crippen molar-refractivity contribution in [3.05, 3.63) is 0 Å². The van der Waals surface area contributed by atoms with Crippen molar-refractivity contribution in [2.45, 2.75) is 39.2 Å². The minimum Gasteiger partial charge on any atom is -0.313 e. The van der Waals surface area contributed by atoms with E-state index in [-0.39, 0.29) is 0 Å². The summed E-state index contributed by atoms with van der Waals surface area (Å²) in [6.07, 6.45) is 2.96. The highest BCUT2D eigenvalue weighted by atomic mass is 15.0. The molecule has 0 bridgehead atoms. The summed E-state index contributed by atoms with van der Waals surface area (Å²) >= 11 is 0. The van der Waals surface area contributed by atoms with Crippen LogP contribution < -0.4 is 5.32 Å². The van der Waals surface area contributed by atoms with Crippen LogP contribution in [-0.4, -0.2) is 12.6 Å². The SMILES string of the molecule is CC1(C)CC1NCCCC#N. The molecule has 1 N–H and O–H groups in total. The van der Waals surface area contributed by atoms with E-state index >= 15 is 0 Å². The molecule has 1 atom stereocenters. The molecule has 11 heavy (non-hydrogen) atoms. The highest BCUT2D eigenvalue weighted by molar-refractivity contribution is 5.01. The predicted molar refractivity (Wildman–Crippen MR) is 45.0 cm³/mol. The fraction of sp³-hybridized carbons (Fsp3) is 0.889. The van der Waals surface area contributed by atoms with Gasteiger partial charge in [-0.2, -0.15) is 5.26 Å². The average Bonchev–Trinajstić information content (AvgIpc) is 2.52. The van der Waals surface area contributed by atoms with Gasteiger partial charge in [-0.1, -0.05) is 13.8 Å². The van der Waals surface area contributed by atoms with Crippen LogP contribution in [0.1, 0.15) is 33.1 Å². The lowest BCUT2D eigenvalue weighted by Gasteiger charge is -2.03. The van der Waals surface area contributed by atoms with Crippen LogP contribution in [0.15, 0.2) is 0 Å². The lowest BCUT2D eigenvalue weighted by atomic mass is 10.2. The number of nitriles is 1. The molecule has 0 heterocycles. The maximum Gasteiger partial charge on any atom is 0.0622 e. The molecule has 0 amide bonds. The summed E-state index contributed by atoms with van der Waals surface area (Å²) in [5.74, 6) is 0. The van der Waals surface area contributed by atoms with Gasteiger partial charge in [-0.05, 0) is 24.8 Å². The number of nitrogens with one attached hydrogen (secondary N) is 1. The van der Waals surface area contributed by atoms with Gasteiger partial charge in [0.05, 0.1) is 6.07 Å². The first-order chi connectivity index (χ1) is 5.17. The van der Waals surface area contributed by atoms with Gasteiger partial charge in [0.2, 0.25) is 0 Å². The molecule has 0 aromatic rings. The summed E-state index contributed by atoms with van der Waals surface area (Å²) in [4.78, 5) is 0. The maximum atomic E-state index is 8.27. The summed E-state index contributed by atoms with van der Waals surface area (Å²) < 4.78 is 0. The van der Waals surface area contributed by atoms with Gasteiger partial charge in [-0.15, -0.1) is 0 Å². The molecular weight excluding hydrogens is 136 g/mol. The number of rotatable bonds is 4. The molecule has 0 radical (unpaired) electrons. The molecule has 0 aromatic heterocycles.